The van der Waals surface area contributed by atoms with Gasteiger partial charge in [0.15, 0.2) is 0 Å². The third kappa shape index (κ3) is 3.09. The van der Waals surface area contributed by atoms with Crippen molar-refractivity contribution in [3.8, 4) is 0 Å². The summed E-state index contributed by atoms with van der Waals surface area (Å²) in [5, 5.41) is 12.6. The SMILES string of the molecule is OCC(Nc1ccccc1)c1ccc(F)c(Br)c1. The van der Waals surface area contributed by atoms with E-state index in [1.165, 1.54) is 6.07 Å². The molecule has 2 aromatic rings. The Morgan fingerprint density at radius 3 is 2.50 bits per heavy atom. The first-order chi connectivity index (χ1) is 8.70. The molecule has 2 N–H and O–H groups in total. The zero-order valence-electron chi connectivity index (χ0n) is 9.61. The van der Waals surface area contributed by atoms with Crippen molar-refractivity contribution in [3.05, 3.63) is 64.4 Å². The van der Waals surface area contributed by atoms with Crippen LogP contribution in [-0.4, -0.2) is 11.7 Å². The van der Waals surface area contributed by atoms with Gasteiger partial charge in [-0.3, -0.25) is 0 Å². The highest BCUT2D eigenvalue weighted by atomic mass is 79.9. The number of halogens is 2. The Morgan fingerprint density at radius 2 is 1.89 bits per heavy atom. The third-order valence-electron chi connectivity index (χ3n) is 2.64. The Labute approximate surface area is 114 Å². The number of nitrogens with one attached hydrogen (secondary N) is 1. The molecule has 18 heavy (non-hydrogen) atoms. The summed E-state index contributed by atoms with van der Waals surface area (Å²) < 4.78 is 13.6. The van der Waals surface area contributed by atoms with Gasteiger partial charge < -0.3 is 10.4 Å². The lowest BCUT2D eigenvalue weighted by Gasteiger charge is -2.18. The molecule has 94 valence electrons. The molecule has 0 aliphatic rings. The van der Waals surface area contributed by atoms with Crippen LogP contribution >= 0.6 is 15.9 Å². The molecule has 0 aliphatic carbocycles. The lowest BCUT2D eigenvalue weighted by atomic mass is 10.1. The number of hydrogen-bond acceptors (Lipinski definition) is 2. The largest absolute Gasteiger partial charge is 0.394 e. The summed E-state index contributed by atoms with van der Waals surface area (Å²) in [5.41, 5.74) is 1.74. The minimum absolute atomic E-state index is 0.0625. The number of rotatable bonds is 4. The molecule has 4 heteroatoms. The summed E-state index contributed by atoms with van der Waals surface area (Å²) in [6.07, 6.45) is 0. The molecule has 0 amide bonds. The third-order valence-corrected chi connectivity index (χ3v) is 3.25. The maximum absolute atomic E-state index is 13.2. The molecule has 1 atom stereocenters. The first-order valence-electron chi connectivity index (χ1n) is 5.58. The minimum Gasteiger partial charge on any atom is -0.394 e. The van der Waals surface area contributed by atoms with Crippen LogP contribution < -0.4 is 5.32 Å². The normalized spacial score (nSPS) is 12.2. The highest BCUT2D eigenvalue weighted by Crippen LogP contribution is 2.24. The lowest BCUT2D eigenvalue weighted by molar-refractivity contribution is 0.276. The Morgan fingerprint density at radius 1 is 1.17 bits per heavy atom. The Kier molecular flexibility index (Phi) is 4.33. The van der Waals surface area contributed by atoms with Gasteiger partial charge in [-0.2, -0.15) is 0 Å². The molecule has 0 aromatic heterocycles. The molecular formula is C14H13BrFNO. The van der Waals surface area contributed by atoms with Crippen molar-refractivity contribution in [1.82, 2.24) is 0 Å². The predicted molar refractivity (Wildman–Crippen MR) is 74.0 cm³/mol. The molecule has 0 heterocycles. The number of benzene rings is 2. The van der Waals surface area contributed by atoms with Gasteiger partial charge in [-0.25, -0.2) is 4.39 Å². The highest BCUT2D eigenvalue weighted by molar-refractivity contribution is 9.10. The first kappa shape index (κ1) is 13.1. The quantitative estimate of drug-likeness (QED) is 0.902. The van der Waals surface area contributed by atoms with Gasteiger partial charge in [-0.05, 0) is 45.8 Å². The zero-order valence-corrected chi connectivity index (χ0v) is 11.2. The molecule has 0 spiro atoms. The van der Waals surface area contributed by atoms with Crippen LogP contribution in [-0.2, 0) is 0 Å². The summed E-state index contributed by atoms with van der Waals surface area (Å²) in [6, 6.07) is 14.0. The average molecular weight is 310 g/mol. The summed E-state index contributed by atoms with van der Waals surface area (Å²) in [6.45, 7) is -0.0625. The van der Waals surface area contributed by atoms with Gasteiger partial charge in [0.2, 0.25) is 0 Å². The number of para-hydroxylation sites is 1. The molecule has 0 saturated heterocycles. The molecule has 2 aromatic carbocycles. The van der Waals surface area contributed by atoms with Gasteiger partial charge in [0.25, 0.3) is 0 Å². The number of aliphatic hydroxyl groups is 1. The molecule has 0 aliphatic heterocycles. The maximum atomic E-state index is 13.2. The maximum Gasteiger partial charge on any atom is 0.137 e. The summed E-state index contributed by atoms with van der Waals surface area (Å²) in [4.78, 5) is 0. The van der Waals surface area contributed by atoms with E-state index in [1.54, 1.807) is 12.1 Å². The van der Waals surface area contributed by atoms with Crippen LogP contribution in [0.1, 0.15) is 11.6 Å². The Hall–Kier alpha value is -1.39. The van der Waals surface area contributed by atoms with E-state index < -0.39 is 0 Å². The van der Waals surface area contributed by atoms with Crippen molar-refractivity contribution in [3.63, 3.8) is 0 Å². The first-order valence-corrected chi connectivity index (χ1v) is 6.37. The van der Waals surface area contributed by atoms with Crippen LogP contribution in [0, 0.1) is 5.82 Å². The summed E-state index contributed by atoms with van der Waals surface area (Å²) in [7, 11) is 0. The molecule has 0 bridgehead atoms. The topological polar surface area (TPSA) is 32.3 Å². The molecule has 1 unspecified atom stereocenters. The molecule has 2 rings (SSSR count). The van der Waals surface area contributed by atoms with Crippen molar-refractivity contribution in [2.45, 2.75) is 6.04 Å². The van der Waals surface area contributed by atoms with Crippen LogP contribution in [0.3, 0.4) is 0 Å². The summed E-state index contributed by atoms with van der Waals surface area (Å²) >= 11 is 3.14. The van der Waals surface area contributed by atoms with Gasteiger partial charge >= 0.3 is 0 Å². The molecule has 2 nitrogen and oxygen atoms in total. The fourth-order valence-electron chi connectivity index (χ4n) is 1.70. The van der Waals surface area contributed by atoms with Crippen LogP contribution in [0.15, 0.2) is 53.0 Å². The van der Waals surface area contributed by atoms with Gasteiger partial charge in [-0.15, -0.1) is 0 Å². The smallest absolute Gasteiger partial charge is 0.137 e. The summed E-state index contributed by atoms with van der Waals surface area (Å²) in [5.74, 6) is -0.310. The fourth-order valence-corrected chi connectivity index (χ4v) is 2.10. The van der Waals surface area contributed by atoms with Crippen LogP contribution in [0.5, 0.6) is 0 Å². The van der Waals surface area contributed by atoms with E-state index in [4.69, 9.17) is 0 Å². The van der Waals surface area contributed by atoms with Crippen molar-refractivity contribution >= 4 is 21.6 Å². The molecule has 0 radical (unpaired) electrons. The lowest BCUT2D eigenvalue weighted by Crippen LogP contribution is -2.14. The van der Waals surface area contributed by atoms with Crippen molar-refractivity contribution in [2.24, 2.45) is 0 Å². The monoisotopic (exact) mass is 309 g/mol. The molecule has 0 saturated carbocycles. The van der Waals surface area contributed by atoms with Crippen molar-refractivity contribution in [1.29, 1.82) is 0 Å². The van der Waals surface area contributed by atoms with Gasteiger partial charge in [0.05, 0.1) is 17.1 Å². The molecular weight excluding hydrogens is 297 g/mol. The van der Waals surface area contributed by atoms with Crippen LogP contribution in [0.2, 0.25) is 0 Å². The number of anilines is 1. The van der Waals surface area contributed by atoms with Crippen molar-refractivity contribution in [2.75, 3.05) is 11.9 Å². The second-order valence-corrected chi connectivity index (χ2v) is 4.77. The zero-order chi connectivity index (χ0) is 13.0. The fraction of sp³-hybridized carbons (Fsp3) is 0.143. The van der Waals surface area contributed by atoms with E-state index in [2.05, 4.69) is 21.2 Å². The molecule has 0 fully saturated rings. The predicted octanol–water partition coefficient (Wildman–Crippen LogP) is 3.73. The number of hydrogen-bond donors (Lipinski definition) is 2. The Balaban J connectivity index is 2.20. The second kappa shape index (κ2) is 5.98. The van der Waals surface area contributed by atoms with E-state index in [9.17, 15) is 9.50 Å². The van der Waals surface area contributed by atoms with Crippen LogP contribution in [0.25, 0.3) is 0 Å². The van der Waals surface area contributed by atoms with Gasteiger partial charge in [0.1, 0.15) is 5.82 Å². The highest BCUT2D eigenvalue weighted by Gasteiger charge is 2.11. The van der Waals surface area contributed by atoms with E-state index in [1.807, 2.05) is 30.3 Å². The standard InChI is InChI=1S/C14H13BrFNO/c15-12-8-10(6-7-13(12)16)14(9-18)17-11-4-2-1-3-5-11/h1-8,14,17-18H,9H2. The van der Waals surface area contributed by atoms with E-state index in [-0.39, 0.29) is 18.5 Å². The van der Waals surface area contributed by atoms with E-state index in [0.717, 1.165) is 11.3 Å². The van der Waals surface area contributed by atoms with Crippen LogP contribution in [0.4, 0.5) is 10.1 Å². The average Bonchev–Trinajstić information content (AvgIpc) is 2.40. The van der Waals surface area contributed by atoms with Crippen molar-refractivity contribution < 1.29 is 9.50 Å². The van der Waals surface area contributed by atoms with E-state index in [0.29, 0.717) is 4.47 Å². The Bertz CT molecular complexity index is 518. The van der Waals surface area contributed by atoms with E-state index >= 15 is 0 Å². The second-order valence-electron chi connectivity index (χ2n) is 3.92. The van der Waals surface area contributed by atoms with Gasteiger partial charge in [-0.1, -0.05) is 24.3 Å². The van der Waals surface area contributed by atoms with Gasteiger partial charge in [0, 0.05) is 5.69 Å². The minimum atomic E-state index is -0.310. The number of aliphatic hydroxyl groups excluding tert-OH is 1.